The number of fused-ring (bicyclic) bond motifs is 1. The van der Waals surface area contributed by atoms with Gasteiger partial charge in [-0.15, -0.1) is 0 Å². The van der Waals surface area contributed by atoms with Crippen LogP contribution in [0.1, 0.15) is 23.7 Å². The molecule has 0 unspecified atom stereocenters. The Morgan fingerprint density at radius 1 is 1.16 bits per heavy atom. The number of hydrogen-bond donors (Lipinski definition) is 1. The van der Waals surface area contributed by atoms with E-state index in [1.54, 1.807) is 7.11 Å². The van der Waals surface area contributed by atoms with E-state index in [0.29, 0.717) is 19.5 Å². The summed E-state index contributed by atoms with van der Waals surface area (Å²) in [6.07, 6.45) is 0.389. The first-order valence-electron chi connectivity index (χ1n) is 8.59. The van der Waals surface area contributed by atoms with Crippen LogP contribution < -0.4 is 4.74 Å². The van der Waals surface area contributed by atoms with Crippen molar-refractivity contribution in [3.05, 3.63) is 65.4 Å². The van der Waals surface area contributed by atoms with E-state index in [1.807, 2.05) is 55.1 Å². The van der Waals surface area contributed by atoms with Crippen molar-refractivity contribution >= 4 is 16.8 Å². The maximum Gasteiger partial charge on any atom is 0.227 e. The molecule has 0 fully saturated rings. The lowest BCUT2D eigenvalue weighted by molar-refractivity contribution is -0.130. The number of aromatic nitrogens is 1. The van der Waals surface area contributed by atoms with Crippen molar-refractivity contribution in [3.8, 4) is 5.75 Å². The van der Waals surface area contributed by atoms with Gasteiger partial charge in [-0.3, -0.25) is 4.79 Å². The van der Waals surface area contributed by atoms with Crippen molar-refractivity contribution < 1.29 is 9.53 Å². The molecule has 0 radical (unpaired) electrons. The minimum absolute atomic E-state index is 0.137. The Morgan fingerprint density at radius 2 is 1.92 bits per heavy atom. The topological polar surface area (TPSA) is 45.3 Å². The predicted molar refractivity (Wildman–Crippen MR) is 101 cm³/mol. The van der Waals surface area contributed by atoms with Crippen molar-refractivity contribution in [1.82, 2.24) is 9.88 Å². The lowest BCUT2D eigenvalue weighted by atomic mass is 10.1. The number of nitrogens with one attached hydrogen (secondary N) is 1. The van der Waals surface area contributed by atoms with Crippen LogP contribution in [-0.4, -0.2) is 29.4 Å². The molecule has 25 heavy (non-hydrogen) atoms. The average Bonchev–Trinajstić information content (AvgIpc) is 2.95. The molecule has 130 valence electrons. The summed E-state index contributed by atoms with van der Waals surface area (Å²) in [5, 5.41) is 1.06. The van der Waals surface area contributed by atoms with E-state index < -0.39 is 0 Å². The van der Waals surface area contributed by atoms with Gasteiger partial charge in [-0.05, 0) is 43.2 Å². The zero-order valence-electron chi connectivity index (χ0n) is 15.0. The summed E-state index contributed by atoms with van der Waals surface area (Å²) in [5.74, 6) is 0.940. The van der Waals surface area contributed by atoms with Crippen LogP contribution in [0.4, 0.5) is 0 Å². The van der Waals surface area contributed by atoms with Crippen molar-refractivity contribution in [1.29, 1.82) is 0 Å². The van der Waals surface area contributed by atoms with Crippen molar-refractivity contribution in [2.75, 3.05) is 13.7 Å². The lowest BCUT2D eigenvalue weighted by Crippen LogP contribution is -2.31. The number of amides is 1. The van der Waals surface area contributed by atoms with Gasteiger partial charge in [0, 0.05) is 29.7 Å². The molecule has 4 nitrogen and oxygen atoms in total. The van der Waals surface area contributed by atoms with Crippen LogP contribution in [-0.2, 0) is 17.8 Å². The molecule has 1 N–H and O–H groups in total. The second-order valence-corrected chi connectivity index (χ2v) is 6.21. The zero-order chi connectivity index (χ0) is 17.8. The minimum Gasteiger partial charge on any atom is -0.497 e. The predicted octanol–water partition coefficient (Wildman–Crippen LogP) is 4.08. The molecule has 2 aromatic carbocycles. The Hall–Kier alpha value is -2.75. The minimum atomic E-state index is 0.137. The molecule has 4 heteroatoms. The van der Waals surface area contributed by atoms with Gasteiger partial charge < -0.3 is 14.6 Å². The van der Waals surface area contributed by atoms with Crippen molar-refractivity contribution in [3.63, 3.8) is 0 Å². The third-order valence-corrected chi connectivity index (χ3v) is 4.61. The molecule has 0 bridgehead atoms. The van der Waals surface area contributed by atoms with Crippen LogP contribution in [0, 0.1) is 6.92 Å². The molecule has 3 aromatic rings. The number of rotatable bonds is 6. The number of methoxy groups -OCH3 is 1. The lowest BCUT2D eigenvalue weighted by Gasteiger charge is -2.21. The second-order valence-electron chi connectivity index (χ2n) is 6.21. The number of aryl methyl sites for hydroxylation is 1. The van der Waals surface area contributed by atoms with Crippen LogP contribution in [0.15, 0.2) is 48.5 Å². The van der Waals surface area contributed by atoms with Crippen molar-refractivity contribution in [2.24, 2.45) is 0 Å². The van der Waals surface area contributed by atoms with Crippen LogP contribution in [0.2, 0.25) is 0 Å². The van der Waals surface area contributed by atoms with Gasteiger partial charge in [0.15, 0.2) is 0 Å². The highest BCUT2D eigenvalue weighted by molar-refractivity contribution is 5.91. The van der Waals surface area contributed by atoms with E-state index in [0.717, 1.165) is 33.5 Å². The third-order valence-electron chi connectivity index (χ3n) is 4.61. The molecule has 1 amide bonds. The number of hydrogen-bond acceptors (Lipinski definition) is 2. The molecular weight excluding hydrogens is 312 g/mol. The number of aromatic amines is 1. The SMILES string of the molecule is CCN(Cc1ccccc1)C(=O)Cc1c(C)[nH]c2ccc(OC)cc12. The number of carbonyl (C=O) groups is 1. The summed E-state index contributed by atoms with van der Waals surface area (Å²) >= 11 is 0. The summed E-state index contributed by atoms with van der Waals surface area (Å²) in [6.45, 7) is 5.37. The zero-order valence-corrected chi connectivity index (χ0v) is 15.0. The van der Waals surface area contributed by atoms with E-state index in [2.05, 4.69) is 17.1 Å². The number of likely N-dealkylation sites (N-methyl/N-ethyl adjacent to an activating group) is 1. The first kappa shape index (κ1) is 17.1. The van der Waals surface area contributed by atoms with Crippen LogP contribution >= 0.6 is 0 Å². The first-order valence-corrected chi connectivity index (χ1v) is 8.59. The Labute approximate surface area is 148 Å². The fourth-order valence-electron chi connectivity index (χ4n) is 3.16. The monoisotopic (exact) mass is 336 g/mol. The number of benzene rings is 2. The molecule has 0 spiro atoms. The Balaban J connectivity index is 1.84. The van der Waals surface area contributed by atoms with Gasteiger partial charge in [-0.1, -0.05) is 30.3 Å². The standard InChI is InChI=1S/C21H24N2O2/c1-4-23(14-16-8-6-5-7-9-16)21(24)13-18-15(2)22-20-11-10-17(25-3)12-19(18)20/h5-12,22H,4,13-14H2,1-3H3. The van der Waals surface area contributed by atoms with E-state index in [9.17, 15) is 4.79 Å². The molecular formula is C21H24N2O2. The summed E-state index contributed by atoms with van der Waals surface area (Å²) in [7, 11) is 1.66. The molecule has 3 rings (SSSR count). The quantitative estimate of drug-likeness (QED) is 0.737. The van der Waals surface area contributed by atoms with Crippen molar-refractivity contribution in [2.45, 2.75) is 26.8 Å². The largest absolute Gasteiger partial charge is 0.497 e. The summed E-state index contributed by atoms with van der Waals surface area (Å²) in [6, 6.07) is 16.0. The molecule has 0 aliphatic carbocycles. The van der Waals surface area contributed by atoms with Gasteiger partial charge in [-0.25, -0.2) is 0 Å². The molecule has 0 saturated heterocycles. The Kier molecular flexibility index (Phi) is 5.08. The fraction of sp³-hybridized carbons (Fsp3) is 0.286. The number of nitrogens with zero attached hydrogens (tertiary/aromatic N) is 1. The van der Waals surface area contributed by atoms with Gasteiger partial charge in [0.2, 0.25) is 5.91 Å². The van der Waals surface area contributed by atoms with E-state index in [4.69, 9.17) is 4.74 Å². The number of carbonyl (C=O) groups excluding carboxylic acids is 1. The average molecular weight is 336 g/mol. The summed E-state index contributed by atoms with van der Waals surface area (Å²) < 4.78 is 5.33. The first-order chi connectivity index (χ1) is 12.1. The Bertz CT molecular complexity index is 868. The van der Waals surface area contributed by atoms with Gasteiger partial charge in [0.25, 0.3) is 0 Å². The molecule has 0 aliphatic heterocycles. The molecule has 1 heterocycles. The van der Waals surface area contributed by atoms with Crippen LogP contribution in [0.25, 0.3) is 10.9 Å². The smallest absolute Gasteiger partial charge is 0.227 e. The van der Waals surface area contributed by atoms with Gasteiger partial charge in [-0.2, -0.15) is 0 Å². The summed E-state index contributed by atoms with van der Waals surface area (Å²) in [5.41, 5.74) is 4.26. The summed E-state index contributed by atoms with van der Waals surface area (Å²) in [4.78, 5) is 18.1. The second kappa shape index (κ2) is 7.43. The van der Waals surface area contributed by atoms with E-state index >= 15 is 0 Å². The molecule has 0 saturated carbocycles. The maximum absolute atomic E-state index is 12.9. The number of ether oxygens (including phenoxy) is 1. The van der Waals surface area contributed by atoms with E-state index in [1.165, 1.54) is 0 Å². The normalized spacial score (nSPS) is 10.8. The highest BCUT2D eigenvalue weighted by atomic mass is 16.5. The Morgan fingerprint density at radius 3 is 2.60 bits per heavy atom. The molecule has 0 atom stereocenters. The maximum atomic E-state index is 12.9. The van der Waals surface area contributed by atoms with Gasteiger partial charge in [0.05, 0.1) is 13.5 Å². The third kappa shape index (κ3) is 3.68. The van der Waals surface area contributed by atoms with E-state index in [-0.39, 0.29) is 5.91 Å². The number of H-pyrrole nitrogens is 1. The van der Waals surface area contributed by atoms with Crippen LogP contribution in [0.3, 0.4) is 0 Å². The fourth-order valence-corrected chi connectivity index (χ4v) is 3.16. The highest BCUT2D eigenvalue weighted by Gasteiger charge is 2.17. The van der Waals surface area contributed by atoms with Crippen LogP contribution in [0.5, 0.6) is 5.75 Å². The molecule has 0 aliphatic rings. The van der Waals surface area contributed by atoms with Gasteiger partial charge >= 0.3 is 0 Å². The molecule has 1 aromatic heterocycles. The van der Waals surface area contributed by atoms with Gasteiger partial charge in [0.1, 0.15) is 5.75 Å². The highest BCUT2D eigenvalue weighted by Crippen LogP contribution is 2.27.